The zero-order valence-corrected chi connectivity index (χ0v) is 13.1. The second-order valence-electron chi connectivity index (χ2n) is 6.05. The van der Waals surface area contributed by atoms with E-state index in [4.69, 9.17) is 0 Å². The van der Waals surface area contributed by atoms with Crippen LogP contribution < -0.4 is 0 Å². The summed E-state index contributed by atoms with van der Waals surface area (Å²) in [5.41, 5.74) is 4.08. The molecule has 21 heavy (non-hydrogen) atoms. The van der Waals surface area contributed by atoms with Crippen LogP contribution in [0.3, 0.4) is 0 Å². The molecule has 2 nitrogen and oxygen atoms in total. The molecule has 2 rings (SSSR count). The van der Waals surface area contributed by atoms with Crippen LogP contribution in [0.2, 0.25) is 0 Å². The average Bonchev–Trinajstić information content (AvgIpc) is 2.47. The molecular weight excluding hydrogens is 258 g/mol. The van der Waals surface area contributed by atoms with Gasteiger partial charge in [-0.05, 0) is 42.0 Å². The first-order valence-corrected chi connectivity index (χ1v) is 7.25. The highest BCUT2D eigenvalue weighted by molar-refractivity contribution is 5.73. The van der Waals surface area contributed by atoms with Gasteiger partial charge in [0.25, 0.3) is 0 Å². The summed E-state index contributed by atoms with van der Waals surface area (Å²) in [6.45, 7) is 8.26. The third-order valence-electron chi connectivity index (χ3n) is 3.77. The molecule has 0 saturated heterocycles. The van der Waals surface area contributed by atoms with Crippen molar-refractivity contribution in [1.29, 1.82) is 0 Å². The molecule has 2 aromatic carbocycles. The highest BCUT2D eigenvalue weighted by atomic mass is 16.1. The molecule has 0 aliphatic rings. The number of aliphatic imine (C=N–C) groups is 1. The maximum Gasteiger partial charge on any atom is 0.235 e. The van der Waals surface area contributed by atoms with Crippen LogP contribution in [0.1, 0.15) is 44.7 Å². The SMILES string of the molecule is CC(C)c1cccc(C(C)(C)N=C=O)c1-c1ccccc1. The van der Waals surface area contributed by atoms with Crippen molar-refractivity contribution < 1.29 is 4.79 Å². The number of hydrogen-bond donors (Lipinski definition) is 0. The molecule has 0 aromatic heterocycles. The molecule has 0 aliphatic carbocycles. The second-order valence-corrected chi connectivity index (χ2v) is 6.05. The van der Waals surface area contributed by atoms with Crippen LogP contribution in [-0.4, -0.2) is 6.08 Å². The number of hydrogen-bond acceptors (Lipinski definition) is 2. The van der Waals surface area contributed by atoms with E-state index in [1.54, 1.807) is 6.08 Å². The van der Waals surface area contributed by atoms with E-state index in [1.165, 1.54) is 11.1 Å². The lowest BCUT2D eigenvalue weighted by molar-refractivity contribution is 0.523. The van der Waals surface area contributed by atoms with Gasteiger partial charge in [-0.1, -0.05) is 62.4 Å². The zero-order valence-electron chi connectivity index (χ0n) is 13.1. The molecule has 2 aromatic rings. The molecule has 0 unspecified atom stereocenters. The van der Waals surface area contributed by atoms with E-state index in [9.17, 15) is 4.79 Å². The van der Waals surface area contributed by atoms with Gasteiger partial charge in [-0.3, -0.25) is 0 Å². The largest absolute Gasteiger partial charge is 0.235 e. The fourth-order valence-electron chi connectivity index (χ4n) is 2.66. The minimum Gasteiger partial charge on any atom is -0.211 e. The van der Waals surface area contributed by atoms with Gasteiger partial charge < -0.3 is 0 Å². The Morgan fingerprint density at radius 1 is 1.00 bits per heavy atom. The molecule has 2 heteroatoms. The van der Waals surface area contributed by atoms with Crippen molar-refractivity contribution in [2.75, 3.05) is 0 Å². The van der Waals surface area contributed by atoms with Crippen molar-refractivity contribution in [3.05, 3.63) is 59.7 Å². The third kappa shape index (κ3) is 3.12. The molecule has 0 spiro atoms. The van der Waals surface area contributed by atoms with Crippen LogP contribution in [0.4, 0.5) is 0 Å². The highest BCUT2D eigenvalue weighted by Gasteiger charge is 2.25. The van der Waals surface area contributed by atoms with Crippen molar-refractivity contribution in [2.45, 2.75) is 39.2 Å². The van der Waals surface area contributed by atoms with Crippen LogP contribution in [0.5, 0.6) is 0 Å². The van der Waals surface area contributed by atoms with Crippen molar-refractivity contribution in [3.63, 3.8) is 0 Å². The monoisotopic (exact) mass is 279 g/mol. The lowest BCUT2D eigenvalue weighted by Gasteiger charge is -2.25. The summed E-state index contributed by atoms with van der Waals surface area (Å²) in [6.07, 6.45) is 1.71. The molecule has 0 N–H and O–H groups in total. The standard InChI is InChI=1S/C19H21NO/c1-14(2)16-11-8-12-17(19(3,4)20-13-21)18(16)15-9-6-5-7-10-15/h5-12,14H,1-4H3. The fraction of sp³-hybridized carbons (Fsp3) is 0.316. The number of isocyanates is 1. The number of benzene rings is 2. The van der Waals surface area contributed by atoms with E-state index >= 15 is 0 Å². The van der Waals surface area contributed by atoms with Gasteiger partial charge in [0.15, 0.2) is 0 Å². The second kappa shape index (κ2) is 6.07. The lowest BCUT2D eigenvalue weighted by atomic mass is 9.82. The number of carbonyl (C=O) groups excluding carboxylic acids is 1. The van der Waals surface area contributed by atoms with Crippen LogP contribution in [0.15, 0.2) is 53.5 Å². The zero-order chi connectivity index (χ0) is 15.5. The summed E-state index contributed by atoms with van der Waals surface area (Å²) in [5.74, 6) is 0.399. The normalized spacial score (nSPS) is 11.3. The van der Waals surface area contributed by atoms with E-state index in [-0.39, 0.29) is 0 Å². The minimum absolute atomic E-state index is 0.399. The van der Waals surface area contributed by atoms with Crippen LogP contribution in [-0.2, 0) is 10.3 Å². The summed E-state index contributed by atoms with van der Waals surface area (Å²) in [6, 6.07) is 16.5. The molecule has 0 heterocycles. The van der Waals surface area contributed by atoms with Gasteiger partial charge in [-0.2, -0.15) is 4.99 Å². The first kappa shape index (κ1) is 15.2. The summed E-state index contributed by atoms with van der Waals surface area (Å²) >= 11 is 0. The summed E-state index contributed by atoms with van der Waals surface area (Å²) in [4.78, 5) is 14.8. The van der Waals surface area contributed by atoms with Gasteiger partial charge in [-0.25, -0.2) is 4.79 Å². The predicted octanol–water partition coefficient (Wildman–Crippen LogP) is 5.05. The highest BCUT2D eigenvalue weighted by Crippen LogP contribution is 2.38. The lowest BCUT2D eigenvalue weighted by Crippen LogP contribution is -2.16. The predicted molar refractivity (Wildman–Crippen MR) is 87.1 cm³/mol. The Morgan fingerprint density at radius 2 is 1.67 bits per heavy atom. The van der Waals surface area contributed by atoms with E-state index < -0.39 is 5.54 Å². The Labute approximate surface area is 126 Å². The van der Waals surface area contributed by atoms with Crippen LogP contribution in [0, 0.1) is 0 Å². The minimum atomic E-state index is -0.585. The molecule has 0 fully saturated rings. The van der Waals surface area contributed by atoms with E-state index in [2.05, 4.69) is 43.1 Å². The summed E-state index contributed by atoms with van der Waals surface area (Å²) < 4.78 is 0. The van der Waals surface area contributed by atoms with Gasteiger partial charge >= 0.3 is 0 Å². The molecule has 0 aliphatic heterocycles. The van der Waals surface area contributed by atoms with Crippen molar-refractivity contribution >= 4 is 6.08 Å². The Balaban J connectivity index is 2.78. The molecule has 0 bridgehead atoms. The van der Waals surface area contributed by atoms with Gasteiger partial charge in [0.1, 0.15) is 0 Å². The number of rotatable bonds is 4. The van der Waals surface area contributed by atoms with Gasteiger partial charge in [0.2, 0.25) is 6.08 Å². The molecule has 0 atom stereocenters. The smallest absolute Gasteiger partial charge is 0.211 e. The van der Waals surface area contributed by atoms with Gasteiger partial charge in [-0.15, -0.1) is 0 Å². The molecule has 0 amide bonds. The first-order valence-electron chi connectivity index (χ1n) is 7.25. The summed E-state index contributed by atoms with van der Waals surface area (Å²) in [5, 5.41) is 0. The quantitative estimate of drug-likeness (QED) is 0.569. The van der Waals surface area contributed by atoms with Gasteiger partial charge in [0, 0.05) is 0 Å². The van der Waals surface area contributed by atoms with Crippen molar-refractivity contribution in [2.24, 2.45) is 4.99 Å². The molecular formula is C19H21NO. The van der Waals surface area contributed by atoms with Crippen molar-refractivity contribution in [1.82, 2.24) is 0 Å². The maximum absolute atomic E-state index is 10.8. The van der Waals surface area contributed by atoms with Crippen LogP contribution >= 0.6 is 0 Å². The Morgan fingerprint density at radius 3 is 2.24 bits per heavy atom. The summed E-state index contributed by atoms with van der Waals surface area (Å²) in [7, 11) is 0. The van der Waals surface area contributed by atoms with E-state index in [1.807, 2.05) is 38.1 Å². The third-order valence-corrected chi connectivity index (χ3v) is 3.77. The Hall–Kier alpha value is -2.18. The fourth-order valence-corrected chi connectivity index (χ4v) is 2.66. The number of nitrogens with zero attached hydrogens (tertiary/aromatic N) is 1. The molecule has 108 valence electrons. The van der Waals surface area contributed by atoms with Crippen molar-refractivity contribution in [3.8, 4) is 11.1 Å². The topological polar surface area (TPSA) is 29.4 Å². The van der Waals surface area contributed by atoms with Gasteiger partial charge in [0.05, 0.1) is 5.54 Å². The Kier molecular flexibility index (Phi) is 4.40. The van der Waals surface area contributed by atoms with E-state index in [0.29, 0.717) is 5.92 Å². The van der Waals surface area contributed by atoms with Crippen LogP contribution in [0.25, 0.3) is 11.1 Å². The maximum atomic E-state index is 10.8. The first-order chi connectivity index (χ1) is 9.97. The molecule has 0 saturated carbocycles. The van der Waals surface area contributed by atoms with E-state index in [0.717, 1.165) is 11.1 Å². The Bertz CT molecular complexity index is 665. The molecule has 0 radical (unpaired) electrons. The average molecular weight is 279 g/mol.